The summed E-state index contributed by atoms with van der Waals surface area (Å²) >= 11 is 0. The minimum atomic E-state index is -0.952. The van der Waals surface area contributed by atoms with Gasteiger partial charge in [-0.05, 0) is 39.0 Å². The van der Waals surface area contributed by atoms with Crippen molar-refractivity contribution in [1.82, 2.24) is 5.06 Å². The molecule has 1 fully saturated rings. The van der Waals surface area contributed by atoms with Crippen molar-refractivity contribution in [3.05, 3.63) is 29.3 Å². The molecule has 134 valence electrons. The molecule has 0 spiro atoms. The van der Waals surface area contributed by atoms with Gasteiger partial charge in [-0.1, -0.05) is 0 Å². The highest BCUT2D eigenvalue weighted by molar-refractivity contribution is 6.04. The number of nitrogens with one attached hydrogen (secondary N) is 1. The van der Waals surface area contributed by atoms with Gasteiger partial charge in [0.15, 0.2) is 0 Å². The minimum absolute atomic E-state index is 0.00824. The maximum atomic E-state index is 12.2. The molecule has 9 heteroatoms. The van der Waals surface area contributed by atoms with Crippen LogP contribution in [0.4, 0.5) is 5.69 Å². The van der Waals surface area contributed by atoms with Crippen molar-refractivity contribution >= 4 is 29.4 Å². The van der Waals surface area contributed by atoms with Gasteiger partial charge in [0.2, 0.25) is 0 Å². The Bertz CT molecular complexity index is 722. The molecular weight excluding hydrogens is 330 g/mol. The largest absolute Gasteiger partial charge is 0.456 e. The van der Waals surface area contributed by atoms with E-state index in [9.17, 15) is 19.2 Å². The van der Waals surface area contributed by atoms with Crippen LogP contribution in [0.25, 0.3) is 0 Å². The molecule has 9 nitrogen and oxygen atoms in total. The highest BCUT2D eigenvalue weighted by Crippen LogP contribution is 2.22. The summed E-state index contributed by atoms with van der Waals surface area (Å²) in [6, 6.07) is 3.97. The van der Waals surface area contributed by atoms with Gasteiger partial charge in [0.1, 0.15) is 5.60 Å². The fourth-order valence-electron chi connectivity index (χ4n) is 2.10. The lowest BCUT2D eigenvalue weighted by molar-refractivity contribution is -0.172. The van der Waals surface area contributed by atoms with Crippen LogP contribution in [0.15, 0.2) is 18.2 Å². The molecule has 2 rings (SSSR count). The molecule has 1 aliphatic heterocycles. The Labute approximate surface area is 144 Å². The minimum Gasteiger partial charge on any atom is -0.456 e. The molecule has 1 saturated heterocycles. The van der Waals surface area contributed by atoms with E-state index in [0.717, 1.165) is 0 Å². The lowest BCUT2D eigenvalue weighted by atomic mass is 10.1. The number of hydrazine groups is 1. The van der Waals surface area contributed by atoms with Gasteiger partial charge in [-0.3, -0.25) is 15.4 Å². The van der Waals surface area contributed by atoms with Crippen LogP contribution in [0.3, 0.4) is 0 Å². The summed E-state index contributed by atoms with van der Waals surface area (Å²) in [6.45, 7) is 5.17. The number of hydrogen-bond donors (Lipinski definition) is 2. The number of imide groups is 1. The van der Waals surface area contributed by atoms with Crippen LogP contribution in [0, 0.1) is 0 Å². The summed E-state index contributed by atoms with van der Waals surface area (Å²) in [5.41, 5.74) is 1.83. The molecule has 1 aromatic rings. The van der Waals surface area contributed by atoms with Gasteiger partial charge in [0, 0.05) is 12.8 Å². The second-order valence-corrected chi connectivity index (χ2v) is 6.37. The van der Waals surface area contributed by atoms with Crippen molar-refractivity contribution in [2.75, 3.05) is 5.43 Å². The predicted molar refractivity (Wildman–Crippen MR) is 85.9 cm³/mol. The first kappa shape index (κ1) is 18.4. The van der Waals surface area contributed by atoms with Gasteiger partial charge in [0.05, 0.1) is 16.8 Å². The zero-order valence-corrected chi connectivity index (χ0v) is 14.1. The van der Waals surface area contributed by atoms with Crippen molar-refractivity contribution in [3.63, 3.8) is 0 Å². The number of carbonyl (C=O) groups excluding carboxylic acids is 4. The van der Waals surface area contributed by atoms with E-state index in [2.05, 4.69) is 5.43 Å². The van der Waals surface area contributed by atoms with Gasteiger partial charge in [-0.2, -0.15) is 0 Å². The van der Waals surface area contributed by atoms with E-state index in [1.165, 1.54) is 18.2 Å². The summed E-state index contributed by atoms with van der Waals surface area (Å²) in [6.07, 6.45) is -0.0165. The molecule has 2 amide bonds. The zero-order chi connectivity index (χ0) is 18.8. The van der Waals surface area contributed by atoms with E-state index >= 15 is 0 Å². The molecule has 25 heavy (non-hydrogen) atoms. The number of anilines is 1. The molecule has 1 aliphatic rings. The molecule has 0 bridgehead atoms. The second-order valence-electron chi connectivity index (χ2n) is 6.37. The topological polar surface area (TPSA) is 128 Å². The molecule has 3 N–H and O–H groups in total. The Morgan fingerprint density at radius 3 is 2.24 bits per heavy atom. The van der Waals surface area contributed by atoms with Crippen LogP contribution in [0.1, 0.15) is 54.3 Å². The highest BCUT2D eigenvalue weighted by atomic mass is 16.7. The van der Waals surface area contributed by atoms with Gasteiger partial charge < -0.3 is 15.0 Å². The normalized spacial score (nSPS) is 14.5. The van der Waals surface area contributed by atoms with Crippen LogP contribution in [-0.4, -0.2) is 34.4 Å². The van der Waals surface area contributed by atoms with Crippen LogP contribution >= 0.6 is 0 Å². The summed E-state index contributed by atoms with van der Waals surface area (Å²) in [7, 11) is 0. The van der Waals surface area contributed by atoms with E-state index in [4.69, 9.17) is 15.4 Å². The predicted octanol–water partition coefficient (Wildman–Crippen LogP) is 1.15. The number of ether oxygens (including phenoxy) is 1. The summed E-state index contributed by atoms with van der Waals surface area (Å²) in [5, 5.41) is 0.435. The summed E-state index contributed by atoms with van der Waals surface area (Å²) in [4.78, 5) is 52.1. The van der Waals surface area contributed by atoms with Gasteiger partial charge in [-0.15, -0.1) is 5.06 Å². The number of hydroxylamine groups is 2. The number of nitrogen functional groups attached to an aromatic ring is 1. The summed E-state index contributed by atoms with van der Waals surface area (Å²) in [5.74, 6) is 2.67. The first-order chi connectivity index (χ1) is 11.6. The van der Waals surface area contributed by atoms with E-state index < -0.39 is 29.4 Å². The average Bonchev–Trinajstić information content (AvgIpc) is 2.84. The van der Waals surface area contributed by atoms with Crippen LogP contribution in [-0.2, 0) is 19.2 Å². The third kappa shape index (κ3) is 4.32. The fraction of sp³-hybridized carbons (Fsp3) is 0.375. The van der Waals surface area contributed by atoms with Gasteiger partial charge >= 0.3 is 11.9 Å². The quantitative estimate of drug-likeness (QED) is 0.358. The number of hydrogen-bond acceptors (Lipinski definition) is 8. The van der Waals surface area contributed by atoms with E-state index in [1.807, 2.05) is 0 Å². The lowest BCUT2D eigenvalue weighted by Crippen LogP contribution is -2.32. The van der Waals surface area contributed by atoms with Crippen molar-refractivity contribution in [1.29, 1.82) is 0 Å². The first-order valence-corrected chi connectivity index (χ1v) is 7.54. The third-order valence-electron chi connectivity index (χ3n) is 3.21. The lowest BCUT2D eigenvalue weighted by Gasteiger charge is -2.20. The smallest absolute Gasteiger partial charge is 0.366 e. The number of rotatable bonds is 4. The maximum Gasteiger partial charge on any atom is 0.366 e. The Hall–Kier alpha value is -2.94. The van der Waals surface area contributed by atoms with Crippen LogP contribution in [0.5, 0.6) is 0 Å². The summed E-state index contributed by atoms with van der Waals surface area (Å²) < 4.78 is 5.24. The Balaban J connectivity index is 2.21. The number of nitrogens with two attached hydrogens (primary N) is 1. The molecule has 0 saturated carbocycles. The molecule has 0 aliphatic carbocycles. The zero-order valence-electron chi connectivity index (χ0n) is 14.1. The van der Waals surface area contributed by atoms with Crippen molar-refractivity contribution < 1.29 is 28.8 Å². The number of esters is 1. The Kier molecular flexibility index (Phi) is 5.07. The van der Waals surface area contributed by atoms with Gasteiger partial charge in [0.25, 0.3) is 11.8 Å². The third-order valence-corrected chi connectivity index (χ3v) is 3.21. The van der Waals surface area contributed by atoms with Crippen molar-refractivity contribution in [2.45, 2.75) is 39.2 Å². The van der Waals surface area contributed by atoms with E-state index in [0.29, 0.717) is 5.06 Å². The fourth-order valence-corrected chi connectivity index (χ4v) is 2.10. The molecule has 0 atom stereocenters. The van der Waals surface area contributed by atoms with E-state index in [1.54, 1.807) is 20.8 Å². The second kappa shape index (κ2) is 6.89. The SMILES string of the molecule is CC(C)(C)OC(=O)c1ccc(C(=O)ON2C(=O)CCC2=O)c(NN)c1. The van der Waals surface area contributed by atoms with Crippen LogP contribution in [0.2, 0.25) is 0 Å². The van der Waals surface area contributed by atoms with Crippen molar-refractivity contribution in [2.24, 2.45) is 5.84 Å². The molecule has 1 heterocycles. The average molecular weight is 349 g/mol. The van der Waals surface area contributed by atoms with Crippen molar-refractivity contribution in [3.8, 4) is 0 Å². The maximum absolute atomic E-state index is 12.2. The molecule has 0 aromatic heterocycles. The first-order valence-electron chi connectivity index (χ1n) is 7.54. The highest BCUT2D eigenvalue weighted by Gasteiger charge is 2.33. The number of amides is 2. The van der Waals surface area contributed by atoms with Gasteiger partial charge in [-0.25, -0.2) is 9.59 Å². The molecular formula is C16H19N3O6. The molecule has 0 unspecified atom stereocenters. The number of carbonyl (C=O) groups is 4. The molecule has 1 aromatic carbocycles. The monoisotopic (exact) mass is 349 g/mol. The van der Waals surface area contributed by atoms with E-state index in [-0.39, 0.29) is 29.7 Å². The molecule has 0 radical (unpaired) electrons. The Morgan fingerprint density at radius 1 is 1.12 bits per heavy atom. The van der Waals surface area contributed by atoms with Crippen LogP contribution < -0.4 is 11.3 Å². The standard InChI is InChI=1S/C16H19N3O6/c1-16(2,3)24-14(22)9-4-5-10(11(8-9)18-17)15(23)25-19-12(20)6-7-13(19)21/h4-5,8,18H,6-7,17H2,1-3H3. The number of benzene rings is 1. The Morgan fingerprint density at radius 2 is 1.72 bits per heavy atom. The number of nitrogens with zero attached hydrogens (tertiary/aromatic N) is 1.